The molecule has 0 aromatic carbocycles. The van der Waals surface area contributed by atoms with Gasteiger partial charge in [-0.3, -0.25) is 0 Å². The van der Waals surface area contributed by atoms with E-state index in [0.29, 0.717) is 6.61 Å². The lowest BCUT2D eigenvalue weighted by atomic mass is 10.1. The van der Waals surface area contributed by atoms with Crippen molar-refractivity contribution in [3.8, 4) is 0 Å². The van der Waals surface area contributed by atoms with Gasteiger partial charge in [0.2, 0.25) is 0 Å². The van der Waals surface area contributed by atoms with E-state index in [1.165, 1.54) is 51.4 Å². The van der Waals surface area contributed by atoms with Crippen molar-refractivity contribution in [2.45, 2.75) is 90.6 Å². The Morgan fingerprint density at radius 2 is 1.33 bits per heavy atom. The Hall–Kier alpha value is -0.0800. The summed E-state index contributed by atoms with van der Waals surface area (Å²) >= 11 is 0. The minimum atomic E-state index is -0.248. The van der Waals surface area contributed by atoms with Gasteiger partial charge in [0.25, 0.3) is 0 Å². The summed E-state index contributed by atoms with van der Waals surface area (Å²) in [5, 5.41) is 9.73. The van der Waals surface area contributed by atoms with Gasteiger partial charge in [-0.2, -0.15) is 0 Å². The molecule has 0 saturated carbocycles. The molecule has 1 atom stereocenters. The minimum Gasteiger partial charge on any atom is -0.391 e. The van der Waals surface area contributed by atoms with Crippen LogP contribution in [0.2, 0.25) is 0 Å². The van der Waals surface area contributed by atoms with Gasteiger partial charge in [-0.1, -0.05) is 71.6 Å². The topological polar surface area (TPSA) is 29.5 Å². The molecule has 0 fully saturated rings. The Labute approximate surface area is 114 Å². The first-order valence-electron chi connectivity index (χ1n) is 8.07. The van der Waals surface area contributed by atoms with Crippen LogP contribution in [-0.4, -0.2) is 24.4 Å². The van der Waals surface area contributed by atoms with Gasteiger partial charge in [-0.05, 0) is 12.8 Å². The average molecular weight is 258 g/mol. The Morgan fingerprint density at radius 1 is 0.778 bits per heavy atom. The van der Waals surface area contributed by atoms with Crippen LogP contribution in [0.4, 0.5) is 0 Å². The van der Waals surface area contributed by atoms with Gasteiger partial charge < -0.3 is 9.84 Å². The van der Waals surface area contributed by atoms with Crippen molar-refractivity contribution in [2.75, 3.05) is 13.2 Å². The molecule has 0 aliphatic rings. The molecule has 18 heavy (non-hydrogen) atoms. The smallest absolute Gasteiger partial charge is 0.0773 e. The van der Waals surface area contributed by atoms with E-state index in [1.54, 1.807) is 0 Å². The normalized spacial score (nSPS) is 12.8. The minimum absolute atomic E-state index is 0.248. The summed E-state index contributed by atoms with van der Waals surface area (Å²) < 4.78 is 5.49. The first-order chi connectivity index (χ1) is 8.81. The third-order valence-electron chi connectivity index (χ3n) is 3.34. The summed E-state index contributed by atoms with van der Waals surface area (Å²) in [7, 11) is 0. The maximum Gasteiger partial charge on any atom is 0.0773 e. The number of unbranched alkanes of at least 4 members (excludes halogenated alkanes) is 8. The maximum absolute atomic E-state index is 9.73. The number of hydrogen-bond donors (Lipinski definition) is 1. The Balaban J connectivity index is 3.10. The van der Waals surface area contributed by atoms with E-state index in [-0.39, 0.29) is 6.10 Å². The van der Waals surface area contributed by atoms with Gasteiger partial charge in [-0.25, -0.2) is 0 Å². The third-order valence-corrected chi connectivity index (χ3v) is 3.34. The number of aliphatic hydroxyl groups is 1. The van der Waals surface area contributed by atoms with E-state index in [9.17, 15) is 5.11 Å². The summed E-state index contributed by atoms with van der Waals surface area (Å²) in [6, 6.07) is 0. The van der Waals surface area contributed by atoms with Crippen LogP contribution in [0.1, 0.15) is 84.5 Å². The molecule has 0 aromatic heterocycles. The first-order valence-corrected chi connectivity index (χ1v) is 8.07. The molecule has 0 aromatic rings. The van der Waals surface area contributed by atoms with Crippen LogP contribution in [0.25, 0.3) is 0 Å². The predicted molar refractivity (Wildman–Crippen MR) is 79.0 cm³/mol. The molecule has 0 rings (SSSR count). The Kier molecular flexibility index (Phi) is 14.9. The van der Waals surface area contributed by atoms with Crippen LogP contribution in [0, 0.1) is 0 Å². The van der Waals surface area contributed by atoms with Crippen molar-refractivity contribution in [1.82, 2.24) is 0 Å². The highest BCUT2D eigenvalue weighted by atomic mass is 16.5. The molecule has 1 N–H and O–H groups in total. The largest absolute Gasteiger partial charge is 0.391 e. The third kappa shape index (κ3) is 14.0. The van der Waals surface area contributed by atoms with Crippen molar-refractivity contribution in [3.05, 3.63) is 0 Å². The number of hydrogen-bond acceptors (Lipinski definition) is 2. The monoisotopic (exact) mass is 258 g/mol. The zero-order chi connectivity index (χ0) is 13.5. The van der Waals surface area contributed by atoms with Crippen LogP contribution in [0.5, 0.6) is 0 Å². The molecule has 0 radical (unpaired) electrons. The van der Waals surface area contributed by atoms with Gasteiger partial charge in [0.15, 0.2) is 0 Å². The fraction of sp³-hybridized carbons (Fsp3) is 1.00. The highest BCUT2D eigenvalue weighted by Gasteiger charge is 2.03. The predicted octanol–water partition coefficient (Wildman–Crippen LogP) is 4.69. The fourth-order valence-electron chi connectivity index (χ4n) is 2.09. The van der Waals surface area contributed by atoms with Crippen molar-refractivity contribution >= 4 is 0 Å². The number of rotatable bonds is 14. The zero-order valence-corrected chi connectivity index (χ0v) is 12.6. The molecule has 0 amide bonds. The number of ether oxygens (including phenoxy) is 1. The van der Waals surface area contributed by atoms with Crippen molar-refractivity contribution in [1.29, 1.82) is 0 Å². The second-order valence-corrected chi connectivity index (χ2v) is 5.35. The molecule has 0 saturated heterocycles. The second kappa shape index (κ2) is 15.0. The van der Waals surface area contributed by atoms with Gasteiger partial charge in [0.05, 0.1) is 12.7 Å². The Bertz CT molecular complexity index is 132. The molecule has 2 nitrogen and oxygen atoms in total. The maximum atomic E-state index is 9.73. The van der Waals surface area contributed by atoms with Crippen molar-refractivity contribution in [3.63, 3.8) is 0 Å². The molecule has 2 heteroatoms. The van der Waals surface area contributed by atoms with Gasteiger partial charge in [0, 0.05) is 6.61 Å². The van der Waals surface area contributed by atoms with Crippen LogP contribution in [0.15, 0.2) is 0 Å². The molecule has 0 spiro atoms. The SMILES string of the molecule is CCCCCCCCC(O)COCCCCCC. The zero-order valence-electron chi connectivity index (χ0n) is 12.6. The molecular weight excluding hydrogens is 224 g/mol. The van der Waals surface area contributed by atoms with Crippen molar-refractivity contribution in [2.24, 2.45) is 0 Å². The summed E-state index contributed by atoms with van der Waals surface area (Å²) in [5.41, 5.74) is 0. The highest BCUT2D eigenvalue weighted by molar-refractivity contribution is 4.55. The lowest BCUT2D eigenvalue weighted by Crippen LogP contribution is -2.15. The highest BCUT2D eigenvalue weighted by Crippen LogP contribution is 2.09. The Morgan fingerprint density at radius 3 is 2.00 bits per heavy atom. The molecule has 0 aliphatic heterocycles. The summed E-state index contributed by atoms with van der Waals surface area (Å²) in [4.78, 5) is 0. The average Bonchev–Trinajstić information content (AvgIpc) is 2.38. The van der Waals surface area contributed by atoms with Crippen molar-refractivity contribution < 1.29 is 9.84 Å². The molecule has 0 bridgehead atoms. The van der Waals surface area contributed by atoms with E-state index in [0.717, 1.165) is 25.9 Å². The molecule has 110 valence electrons. The van der Waals surface area contributed by atoms with E-state index < -0.39 is 0 Å². The van der Waals surface area contributed by atoms with Gasteiger partial charge >= 0.3 is 0 Å². The quantitative estimate of drug-likeness (QED) is 0.458. The summed E-state index contributed by atoms with van der Waals surface area (Å²) in [6.07, 6.45) is 13.3. The van der Waals surface area contributed by atoms with Gasteiger partial charge in [-0.15, -0.1) is 0 Å². The molecular formula is C16H34O2. The number of aliphatic hydroxyl groups excluding tert-OH is 1. The van der Waals surface area contributed by atoms with Crippen LogP contribution < -0.4 is 0 Å². The molecule has 1 unspecified atom stereocenters. The summed E-state index contributed by atoms with van der Waals surface area (Å²) in [5.74, 6) is 0. The van der Waals surface area contributed by atoms with Crippen LogP contribution in [0.3, 0.4) is 0 Å². The second-order valence-electron chi connectivity index (χ2n) is 5.35. The van der Waals surface area contributed by atoms with Gasteiger partial charge in [0.1, 0.15) is 0 Å². The standard InChI is InChI=1S/C16H34O2/c1-3-5-7-9-10-11-13-16(17)15-18-14-12-8-6-4-2/h16-17H,3-15H2,1-2H3. The lowest BCUT2D eigenvalue weighted by Gasteiger charge is -2.11. The first kappa shape index (κ1) is 17.9. The van der Waals surface area contributed by atoms with Crippen LogP contribution in [-0.2, 0) is 4.74 Å². The summed E-state index contributed by atoms with van der Waals surface area (Å²) in [6.45, 7) is 5.79. The van der Waals surface area contributed by atoms with E-state index in [1.807, 2.05) is 0 Å². The fourth-order valence-corrected chi connectivity index (χ4v) is 2.09. The lowest BCUT2D eigenvalue weighted by molar-refractivity contribution is 0.0298. The van der Waals surface area contributed by atoms with E-state index in [2.05, 4.69) is 13.8 Å². The molecule has 0 heterocycles. The molecule has 0 aliphatic carbocycles. The van der Waals surface area contributed by atoms with E-state index in [4.69, 9.17) is 4.74 Å². The van der Waals surface area contributed by atoms with Crippen LogP contribution >= 0.6 is 0 Å². The van der Waals surface area contributed by atoms with E-state index >= 15 is 0 Å².